The molecule has 0 saturated carbocycles. The van der Waals surface area contributed by atoms with Gasteiger partial charge in [-0.15, -0.1) is 0 Å². The van der Waals surface area contributed by atoms with Gasteiger partial charge in [0.15, 0.2) is 4.73 Å². The molecule has 0 radical (unpaired) electrons. The lowest BCUT2D eigenvalue weighted by atomic mass is 10.4. The first kappa shape index (κ1) is 9.19. The maximum atomic E-state index is 3.97. The van der Waals surface area contributed by atoms with Crippen LogP contribution in [0.2, 0.25) is 0 Å². The van der Waals surface area contributed by atoms with Gasteiger partial charge in [0.2, 0.25) is 0 Å². The van der Waals surface area contributed by atoms with Gasteiger partial charge in [0.1, 0.15) is 0 Å². The second kappa shape index (κ2) is 4.21. The molecule has 0 aliphatic heterocycles. The molecule has 0 spiro atoms. The van der Waals surface area contributed by atoms with Crippen LogP contribution in [0.25, 0.3) is 0 Å². The Morgan fingerprint density at radius 2 is 2.00 bits per heavy atom. The summed E-state index contributed by atoms with van der Waals surface area (Å²) in [7, 11) is 0. The minimum absolute atomic E-state index is 0.602. The van der Waals surface area contributed by atoms with Gasteiger partial charge in [-0.05, 0) is 36.0 Å². The van der Waals surface area contributed by atoms with Crippen LogP contribution in [0.3, 0.4) is 0 Å². The van der Waals surface area contributed by atoms with Crippen LogP contribution in [-0.4, -0.2) is 9.97 Å². The van der Waals surface area contributed by atoms with Crippen molar-refractivity contribution in [3.05, 3.63) is 28.9 Å². The second-order valence-corrected chi connectivity index (χ2v) is 3.32. The molecule has 0 saturated heterocycles. The summed E-state index contributed by atoms with van der Waals surface area (Å²) in [6.45, 7) is 4.04. The third-order valence-corrected chi connectivity index (χ3v) is 1.56. The summed E-state index contributed by atoms with van der Waals surface area (Å²) >= 11 is 3.16. The molecule has 0 bridgehead atoms. The Hall–Kier alpha value is -0.900. The highest BCUT2D eigenvalue weighted by molar-refractivity contribution is 9.10. The molecule has 12 heavy (non-hydrogen) atoms. The number of anilines is 1. The molecule has 0 atom stereocenters. The van der Waals surface area contributed by atoms with Crippen molar-refractivity contribution in [2.75, 3.05) is 5.32 Å². The van der Waals surface area contributed by atoms with E-state index in [1.54, 1.807) is 12.4 Å². The summed E-state index contributed by atoms with van der Waals surface area (Å²) in [5.41, 5.74) is 2.09. The monoisotopic (exact) mass is 227 g/mol. The zero-order chi connectivity index (χ0) is 8.97. The number of allylic oxidation sites excluding steroid dienone is 1. The minimum Gasteiger partial charge on any atom is -0.359 e. The van der Waals surface area contributed by atoms with Crippen molar-refractivity contribution in [1.29, 1.82) is 0 Å². The van der Waals surface area contributed by atoms with E-state index < -0.39 is 0 Å². The first-order valence-electron chi connectivity index (χ1n) is 3.56. The fourth-order valence-electron chi connectivity index (χ4n) is 0.614. The summed E-state index contributed by atoms with van der Waals surface area (Å²) in [5.74, 6) is 0. The first-order valence-corrected chi connectivity index (χ1v) is 4.35. The van der Waals surface area contributed by atoms with Crippen LogP contribution in [0, 0.1) is 0 Å². The Balaban J connectivity index is 2.65. The molecule has 0 unspecified atom stereocenters. The van der Waals surface area contributed by atoms with Gasteiger partial charge in [-0.2, -0.15) is 0 Å². The summed E-state index contributed by atoms with van der Waals surface area (Å²) in [6.07, 6.45) is 5.35. The van der Waals surface area contributed by atoms with Crippen LogP contribution in [0.5, 0.6) is 0 Å². The van der Waals surface area contributed by atoms with Crippen LogP contribution in [-0.2, 0) is 0 Å². The van der Waals surface area contributed by atoms with E-state index >= 15 is 0 Å². The van der Waals surface area contributed by atoms with E-state index in [-0.39, 0.29) is 0 Å². The van der Waals surface area contributed by atoms with Crippen LogP contribution >= 0.6 is 15.9 Å². The van der Waals surface area contributed by atoms with Gasteiger partial charge in [-0.25, -0.2) is 9.97 Å². The van der Waals surface area contributed by atoms with E-state index in [1.165, 1.54) is 5.57 Å². The van der Waals surface area contributed by atoms with Gasteiger partial charge in [0.25, 0.3) is 0 Å². The van der Waals surface area contributed by atoms with Crippen molar-refractivity contribution in [1.82, 2.24) is 9.97 Å². The van der Waals surface area contributed by atoms with E-state index in [4.69, 9.17) is 0 Å². The highest BCUT2D eigenvalue weighted by Crippen LogP contribution is 2.06. The molecule has 0 aliphatic carbocycles. The summed E-state index contributed by atoms with van der Waals surface area (Å²) in [5, 5.41) is 3.06. The number of hydrogen-bond acceptors (Lipinski definition) is 3. The quantitative estimate of drug-likeness (QED) is 0.790. The van der Waals surface area contributed by atoms with Gasteiger partial charge >= 0.3 is 0 Å². The molecule has 0 aliphatic rings. The fraction of sp³-hybridized carbons (Fsp3) is 0.250. The lowest BCUT2D eigenvalue weighted by molar-refractivity contribution is 1.11. The van der Waals surface area contributed by atoms with E-state index in [9.17, 15) is 0 Å². The number of hydrogen-bond donors (Lipinski definition) is 1. The summed E-state index contributed by atoms with van der Waals surface area (Å²) in [4.78, 5) is 7.94. The van der Waals surface area contributed by atoms with Crippen LogP contribution < -0.4 is 5.32 Å². The SMILES string of the molecule is CC(C)=CNc1cnc(Br)nc1. The summed E-state index contributed by atoms with van der Waals surface area (Å²) < 4.78 is 0.602. The smallest absolute Gasteiger partial charge is 0.196 e. The molecular weight excluding hydrogens is 218 g/mol. The topological polar surface area (TPSA) is 37.8 Å². The van der Waals surface area contributed by atoms with Crippen molar-refractivity contribution in [3.8, 4) is 0 Å². The maximum Gasteiger partial charge on any atom is 0.196 e. The van der Waals surface area contributed by atoms with Crippen molar-refractivity contribution < 1.29 is 0 Å². The largest absolute Gasteiger partial charge is 0.359 e. The maximum absolute atomic E-state index is 3.97. The lowest BCUT2D eigenvalue weighted by Crippen LogP contribution is -1.91. The Bertz CT molecular complexity index is 275. The first-order chi connectivity index (χ1) is 5.68. The molecule has 64 valence electrons. The lowest BCUT2D eigenvalue weighted by Gasteiger charge is -1.99. The van der Waals surface area contributed by atoms with Crippen molar-refractivity contribution in [2.45, 2.75) is 13.8 Å². The number of nitrogens with one attached hydrogen (secondary N) is 1. The second-order valence-electron chi connectivity index (χ2n) is 2.61. The molecule has 0 fully saturated rings. The van der Waals surface area contributed by atoms with E-state index in [2.05, 4.69) is 31.2 Å². The summed E-state index contributed by atoms with van der Waals surface area (Å²) in [6, 6.07) is 0. The van der Waals surface area contributed by atoms with Crippen LogP contribution in [0.4, 0.5) is 5.69 Å². The number of nitrogens with zero attached hydrogens (tertiary/aromatic N) is 2. The molecule has 1 rings (SSSR count). The average Bonchev–Trinajstić information content (AvgIpc) is 2.03. The average molecular weight is 228 g/mol. The third-order valence-electron chi connectivity index (χ3n) is 1.15. The Morgan fingerprint density at radius 3 is 2.50 bits per heavy atom. The van der Waals surface area contributed by atoms with Gasteiger partial charge in [-0.1, -0.05) is 5.57 Å². The van der Waals surface area contributed by atoms with Crippen molar-refractivity contribution >= 4 is 21.6 Å². The predicted molar refractivity (Wildman–Crippen MR) is 52.8 cm³/mol. The number of halogens is 1. The standard InChI is InChI=1S/C8H10BrN3/c1-6(2)3-10-7-4-11-8(9)12-5-7/h3-5,10H,1-2H3. The molecule has 0 amide bonds. The number of aromatic nitrogens is 2. The fourth-order valence-corrected chi connectivity index (χ4v) is 0.819. The molecule has 1 N–H and O–H groups in total. The molecule has 0 aromatic carbocycles. The normalized spacial score (nSPS) is 9.25. The molecule has 4 heteroatoms. The van der Waals surface area contributed by atoms with Gasteiger partial charge in [0, 0.05) is 0 Å². The molecule has 3 nitrogen and oxygen atoms in total. The van der Waals surface area contributed by atoms with E-state index in [0.717, 1.165) is 5.69 Å². The Kier molecular flexibility index (Phi) is 3.22. The van der Waals surface area contributed by atoms with E-state index in [0.29, 0.717) is 4.73 Å². The zero-order valence-corrected chi connectivity index (χ0v) is 8.59. The Labute approximate surface area is 80.1 Å². The molecule has 1 heterocycles. The van der Waals surface area contributed by atoms with Crippen LogP contribution in [0.1, 0.15) is 13.8 Å². The van der Waals surface area contributed by atoms with Crippen molar-refractivity contribution in [2.24, 2.45) is 0 Å². The van der Waals surface area contributed by atoms with Gasteiger partial charge in [-0.3, -0.25) is 0 Å². The van der Waals surface area contributed by atoms with Crippen molar-refractivity contribution in [3.63, 3.8) is 0 Å². The molecule has 1 aromatic rings. The van der Waals surface area contributed by atoms with Gasteiger partial charge < -0.3 is 5.32 Å². The number of rotatable bonds is 2. The zero-order valence-electron chi connectivity index (χ0n) is 7.00. The van der Waals surface area contributed by atoms with Gasteiger partial charge in [0.05, 0.1) is 18.1 Å². The molecular formula is C8H10BrN3. The third kappa shape index (κ3) is 3.00. The minimum atomic E-state index is 0.602. The highest BCUT2D eigenvalue weighted by atomic mass is 79.9. The van der Waals surface area contributed by atoms with Crippen LogP contribution in [0.15, 0.2) is 28.9 Å². The highest BCUT2D eigenvalue weighted by Gasteiger charge is 1.90. The predicted octanol–water partition coefficient (Wildman–Crippen LogP) is 2.57. The molecule has 1 aromatic heterocycles. The Morgan fingerprint density at radius 1 is 1.42 bits per heavy atom. The van der Waals surface area contributed by atoms with E-state index in [1.807, 2.05) is 20.0 Å².